The molecule has 4 nitrogen and oxygen atoms in total. The van der Waals surface area contributed by atoms with Gasteiger partial charge in [-0.15, -0.1) is 0 Å². The lowest BCUT2D eigenvalue weighted by atomic mass is 9.95. The Morgan fingerprint density at radius 3 is 2.44 bits per heavy atom. The molecule has 1 amide bonds. The van der Waals surface area contributed by atoms with Crippen LogP contribution >= 0.6 is 0 Å². The number of carbonyl (C=O) groups excluding carboxylic acids is 1. The van der Waals surface area contributed by atoms with Crippen LogP contribution < -0.4 is 0 Å². The second kappa shape index (κ2) is 6.68. The molecule has 0 saturated carbocycles. The number of nitrogens with zero attached hydrogens (tertiary/aromatic N) is 2. The minimum Gasteiger partial charge on any atom is -0.342 e. The Kier molecular flexibility index (Phi) is 4.33. The fourth-order valence-corrected chi connectivity index (χ4v) is 3.42. The molecule has 1 aromatic heterocycles. The van der Waals surface area contributed by atoms with E-state index in [2.05, 4.69) is 9.97 Å². The molecule has 0 unspecified atom stereocenters. The Balaban J connectivity index is 1.50. The molecule has 2 aromatic carbocycles. The lowest BCUT2D eigenvalue weighted by Gasteiger charge is -2.31. The van der Waals surface area contributed by atoms with E-state index in [4.69, 9.17) is 0 Å². The van der Waals surface area contributed by atoms with E-state index in [1.54, 1.807) is 0 Å². The molecule has 0 aliphatic carbocycles. The van der Waals surface area contributed by atoms with Gasteiger partial charge in [-0.1, -0.05) is 12.1 Å². The molecule has 3 aromatic rings. The molecule has 1 fully saturated rings. The zero-order valence-electron chi connectivity index (χ0n) is 14.1. The maximum atomic E-state index is 13.9. The first-order valence-electron chi connectivity index (χ1n) is 8.52. The van der Waals surface area contributed by atoms with Crippen LogP contribution in [0.4, 0.5) is 17.6 Å². The average molecular weight is 377 g/mol. The number of imidazole rings is 1. The summed E-state index contributed by atoms with van der Waals surface area (Å²) in [6, 6.07) is 8.02. The second-order valence-corrected chi connectivity index (χ2v) is 6.55. The molecular formula is C19H15F4N3O. The van der Waals surface area contributed by atoms with Gasteiger partial charge < -0.3 is 9.88 Å². The largest absolute Gasteiger partial charge is 0.342 e. The van der Waals surface area contributed by atoms with E-state index in [9.17, 15) is 22.4 Å². The van der Waals surface area contributed by atoms with Gasteiger partial charge in [-0.05, 0) is 31.0 Å². The maximum Gasteiger partial charge on any atom is 0.257 e. The topological polar surface area (TPSA) is 49.0 Å². The molecule has 1 N–H and O–H groups in total. The van der Waals surface area contributed by atoms with E-state index >= 15 is 0 Å². The van der Waals surface area contributed by atoms with Crippen molar-refractivity contribution >= 4 is 16.9 Å². The Hall–Kier alpha value is -2.90. The van der Waals surface area contributed by atoms with E-state index in [-0.39, 0.29) is 19.0 Å². The summed E-state index contributed by atoms with van der Waals surface area (Å²) in [5.74, 6) is -7.11. The normalized spacial score (nSPS) is 15.5. The van der Waals surface area contributed by atoms with Gasteiger partial charge >= 0.3 is 0 Å². The summed E-state index contributed by atoms with van der Waals surface area (Å²) in [4.78, 5) is 21.5. The minimum absolute atomic E-state index is 0.0907. The van der Waals surface area contributed by atoms with Gasteiger partial charge in [-0.2, -0.15) is 0 Å². The summed E-state index contributed by atoms with van der Waals surface area (Å²) in [6.07, 6.45) is 1.14. The summed E-state index contributed by atoms with van der Waals surface area (Å²) < 4.78 is 53.7. The first-order chi connectivity index (χ1) is 13.0. The SMILES string of the molecule is O=C(c1cc(F)c(F)c(F)c1F)N1CCC(c2nc3ccccc3[nH]2)CC1. The number of fused-ring (bicyclic) bond motifs is 1. The van der Waals surface area contributed by atoms with Crippen LogP contribution in [0, 0.1) is 23.3 Å². The predicted octanol–water partition coefficient (Wildman–Crippen LogP) is 4.14. The molecule has 27 heavy (non-hydrogen) atoms. The highest BCUT2D eigenvalue weighted by atomic mass is 19.2. The van der Waals surface area contributed by atoms with E-state index in [0.717, 1.165) is 16.9 Å². The highest BCUT2D eigenvalue weighted by Gasteiger charge is 2.30. The van der Waals surface area contributed by atoms with Gasteiger partial charge in [0.15, 0.2) is 23.3 Å². The van der Waals surface area contributed by atoms with Crippen LogP contribution in [0.25, 0.3) is 11.0 Å². The first-order valence-corrected chi connectivity index (χ1v) is 8.52. The predicted molar refractivity (Wildman–Crippen MR) is 90.2 cm³/mol. The monoisotopic (exact) mass is 377 g/mol. The zero-order valence-corrected chi connectivity index (χ0v) is 14.1. The molecule has 0 radical (unpaired) electrons. The average Bonchev–Trinajstić information content (AvgIpc) is 3.13. The molecule has 1 saturated heterocycles. The van der Waals surface area contributed by atoms with Crippen molar-refractivity contribution in [2.75, 3.05) is 13.1 Å². The molecule has 1 aliphatic rings. The van der Waals surface area contributed by atoms with Crippen molar-refractivity contribution in [3.05, 3.63) is 65.0 Å². The van der Waals surface area contributed by atoms with E-state index in [0.29, 0.717) is 18.9 Å². The van der Waals surface area contributed by atoms with E-state index in [1.807, 2.05) is 24.3 Å². The van der Waals surface area contributed by atoms with Crippen LogP contribution in [0.1, 0.15) is 34.9 Å². The van der Waals surface area contributed by atoms with Crippen LogP contribution in [0.15, 0.2) is 30.3 Å². The molecule has 1 aliphatic heterocycles. The fourth-order valence-electron chi connectivity index (χ4n) is 3.42. The quantitative estimate of drug-likeness (QED) is 0.415. The number of aromatic amines is 1. The number of hydrogen-bond donors (Lipinski definition) is 1. The Labute approximate surface area is 151 Å². The van der Waals surface area contributed by atoms with Crippen molar-refractivity contribution in [1.29, 1.82) is 0 Å². The number of amides is 1. The molecule has 0 spiro atoms. The number of para-hydroxylation sites is 2. The number of piperidine rings is 1. The Bertz CT molecular complexity index is 992. The second-order valence-electron chi connectivity index (χ2n) is 6.55. The van der Waals surface area contributed by atoms with Gasteiger partial charge in [-0.25, -0.2) is 22.5 Å². The highest BCUT2D eigenvalue weighted by Crippen LogP contribution is 2.29. The van der Waals surface area contributed by atoms with Crippen LogP contribution in [-0.2, 0) is 0 Å². The molecule has 4 rings (SSSR count). The number of benzene rings is 2. The van der Waals surface area contributed by atoms with Gasteiger partial charge in [0.1, 0.15) is 5.82 Å². The van der Waals surface area contributed by atoms with Crippen molar-refractivity contribution in [3.63, 3.8) is 0 Å². The van der Waals surface area contributed by atoms with Crippen molar-refractivity contribution < 1.29 is 22.4 Å². The maximum absolute atomic E-state index is 13.9. The first kappa shape index (κ1) is 17.5. The van der Waals surface area contributed by atoms with Gasteiger partial charge in [0, 0.05) is 19.0 Å². The number of nitrogens with one attached hydrogen (secondary N) is 1. The summed E-state index contributed by atoms with van der Waals surface area (Å²) >= 11 is 0. The van der Waals surface area contributed by atoms with Crippen molar-refractivity contribution in [1.82, 2.24) is 14.9 Å². The molecule has 2 heterocycles. The smallest absolute Gasteiger partial charge is 0.257 e. The number of carbonyl (C=O) groups is 1. The third-order valence-electron chi connectivity index (χ3n) is 4.91. The van der Waals surface area contributed by atoms with E-state index < -0.39 is 34.7 Å². The number of H-pyrrole nitrogens is 1. The fraction of sp³-hybridized carbons (Fsp3) is 0.263. The standard InChI is InChI=1S/C19H15F4N3O/c20-12-9-11(15(21)17(23)16(12)22)19(27)26-7-5-10(6-8-26)18-24-13-3-1-2-4-14(13)25-18/h1-4,9-10H,5-8H2,(H,24,25). The lowest BCUT2D eigenvalue weighted by Crippen LogP contribution is -2.38. The molecule has 0 atom stereocenters. The number of halogens is 4. The van der Waals surface area contributed by atoms with E-state index in [1.165, 1.54) is 4.90 Å². The highest BCUT2D eigenvalue weighted by molar-refractivity contribution is 5.94. The van der Waals surface area contributed by atoms with Gasteiger partial charge in [0.2, 0.25) is 0 Å². The molecule has 140 valence electrons. The van der Waals surface area contributed by atoms with Crippen LogP contribution in [0.3, 0.4) is 0 Å². The van der Waals surface area contributed by atoms with Crippen molar-refractivity contribution in [2.24, 2.45) is 0 Å². The number of aromatic nitrogens is 2. The van der Waals surface area contributed by atoms with Crippen LogP contribution in [0.5, 0.6) is 0 Å². The van der Waals surface area contributed by atoms with Gasteiger partial charge in [0.05, 0.1) is 16.6 Å². The zero-order chi connectivity index (χ0) is 19.1. The van der Waals surface area contributed by atoms with Gasteiger partial charge in [0.25, 0.3) is 5.91 Å². The number of rotatable bonds is 2. The van der Waals surface area contributed by atoms with Crippen LogP contribution in [-0.4, -0.2) is 33.9 Å². The third kappa shape index (κ3) is 3.05. The third-order valence-corrected chi connectivity index (χ3v) is 4.91. The summed E-state index contributed by atoms with van der Waals surface area (Å²) in [5.41, 5.74) is 0.976. The van der Waals surface area contributed by atoms with Gasteiger partial charge in [-0.3, -0.25) is 4.79 Å². The summed E-state index contributed by atoms with van der Waals surface area (Å²) in [5, 5.41) is 0. The lowest BCUT2D eigenvalue weighted by molar-refractivity contribution is 0.0704. The minimum atomic E-state index is -1.98. The number of hydrogen-bond acceptors (Lipinski definition) is 2. The Morgan fingerprint density at radius 1 is 1.04 bits per heavy atom. The summed E-state index contributed by atoms with van der Waals surface area (Å²) in [7, 11) is 0. The number of likely N-dealkylation sites (tertiary alicyclic amines) is 1. The molecule has 0 bridgehead atoms. The Morgan fingerprint density at radius 2 is 1.74 bits per heavy atom. The molecular weight excluding hydrogens is 362 g/mol. The van der Waals surface area contributed by atoms with Crippen LogP contribution in [0.2, 0.25) is 0 Å². The van der Waals surface area contributed by atoms with Crippen molar-refractivity contribution in [3.8, 4) is 0 Å². The van der Waals surface area contributed by atoms with Crippen molar-refractivity contribution in [2.45, 2.75) is 18.8 Å². The molecule has 8 heteroatoms. The summed E-state index contributed by atoms with van der Waals surface area (Å²) in [6.45, 7) is 0.557.